The van der Waals surface area contributed by atoms with Gasteiger partial charge in [-0.15, -0.1) is 0 Å². The number of alkyl carbamates (subject to hydrolysis) is 1. The third kappa shape index (κ3) is 9.83. The van der Waals surface area contributed by atoms with Crippen LogP contribution in [0.1, 0.15) is 38.1 Å². The summed E-state index contributed by atoms with van der Waals surface area (Å²) in [4.78, 5) is 46.0. The van der Waals surface area contributed by atoms with E-state index in [1.54, 1.807) is 39.0 Å². The van der Waals surface area contributed by atoms with Gasteiger partial charge in [0.2, 0.25) is 5.91 Å². The number of amides is 3. The van der Waals surface area contributed by atoms with Gasteiger partial charge in [-0.3, -0.25) is 14.4 Å². The molecule has 0 unspecified atom stereocenters. The van der Waals surface area contributed by atoms with E-state index in [0.717, 1.165) is 0 Å². The van der Waals surface area contributed by atoms with E-state index in [1.807, 2.05) is 0 Å². The van der Waals surface area contributed by atoms with Gasteiger partial charge in [0, 0.05) is 25.6 Å². The molecule has 3 amide bonds. The predicted octanol–water partition coefficient (Wildman–Crippen LogP) is 0.983. The third-order valence-corrected chi connectivity index (χ3v) is 2.88. The van der Waals surface area contributed by atoms with Gasteiger partial charge in [0.05, 0.1) is 6.54 Å². The molecular weight excluding hydrogens is 354 g/mol. The highest BCUT2D eigenvalue weighted by Gasteiger charge is 2.16. The Morgan fingerprint density at radius 3 is 2.30 bits per heavy atom. The summed E-state index contributed by atoms with van der Waals surface area (Å²) < 4.78 is 9.93. The quantitative estimate of drug-likeness (QED) is 0.369. The molecule has 0 bridgehead atoms. The van der Waals surface area contributed by atoms with E-state index in [-0.39, 0.29) is 31.3 Å². The first kappa shape index (κ1) is 21.9. The SMILES string of the molecule is CC(=O)Oc1cccc(C(=O)NCCNC(=O)CNC(=O)OC(C)(C)C)c1. The molecule has 0 heterocycles. The second-order valence-corrected chi connectivity index (χ2v) is 6.58. The van der Waals surface area contributed by atoms with E-state index >= 15 is 0 Å². The molecule has 1 aromatic carbocycles. The average molecular weight is 379 g/mol. The van der Waals surface area contributed by atoms with Crippen LogP contribution in [0.25, 0.3) is 0 Å². The summed E-state index contributed by atoms with van der Waals surface area (Å²) in [5.74, 6) is -0.982. The van der Waals surface area contributed by atoms with E-state index < -0.39 is 23.6 Å². The van der Waals surface area contributed by atoms with Crippen molar-refractivity contribution >= 4 is 23.9 Å². The monoisotopic (exact) mass is 379 g/mol. The number of nitrogens with one attached hydrogen (secondary N) is 3. The molecule has 0 radical (unpaired) electrons. The van der Waals surface area contributed by atoms with Gasteiger partial charge in [0.25, 0.3) is 5.91 Å². The summed E-state index contributed by atoms with van der Waals surface area (Å²) >= 11 is 0. The number of ether oxygens (including phenoxy) is 2. The summed E-state index contributed by atoms with van der Waals surface area (Å²) in [6, 6.07) is 6.18. The molecule has 3 N–H and O–H groups in total. The highest BCUT2D eigenvalue weighted by molar-refractivity contribution is 5.94. The molecule has 0 aliphatic heterocycles. The first-order valence-corrected chi connectivity index (χ1v) is 8.37. The summed E-state index contributed by atoms with van der Waals surface area (Å²) in [5, 5.41) is 7.51. The van der Waals surface area contributed by atoms with Gasteiger partial charge in [-0.2, -0.15) is 0 Å². The lowest BCUT2D eigenvalue weighted by Gasteiger charge is -2.19. The highest BCUT2D eigenvalue weighted by atomic mass is 16.6. The minimum atomic E-state index is -0.682. The van der Waals surface area contributed by atoms with Gasteiger partial charge in [-0.1, -0.05) is 6.07 Å². The van der Waals surface area contributed by atoms with Crippen LogP contribution in [-0.2, 0) is 14.3 Å². The molecule has 0 spiro atoms. The summed E-state index contributed by atoms with van der Waals surface area (Å²) in [5.41, 5.74) is -0.316. The van der Waals surface area contributed by atoms with E-state index in [1.165, 1.54) is 13.0 Å². The summed E-state index contributed by atoms with van der Waals surface area (Å²) in [6.07, 6.45) is -0.682. The Labute approximate surface area is 157 Å². The van der Waals surface area contributed by atoms with Crippen LogP contribution >= 0.6 is 0 Å². The maximum atomic E-state index is 12.0. The van der Waals surface area contributed by atoms with Crippen LogP contribution in [0.3, 0.4) is 0 Å². The zero-order valence-electron chi connectivity index (χ0n) is 15.9. The summed E-state index contributed by atoms with van der Waals surface area (Å²) in [7, 11) is 0. The molecule has 0 saturated heterocycles. The van der Waals surface area contributed by atoms with Crippen molar-refractivity contribution in [2.45, 2.75) is 33.3 Å². The van der Waals surface area contributed by atoms with Crippen molar-refractivity contribution in [3.8, 4) is 5.75 Å². The van der Waals surface area contributed by atoms with Gasteiger partial charge in [-0.05, 0) is 39.0 Å². The fraction of sp³-hybridized carbons (Fsp3) is 0.444. The Bertz CT molecular complexity index is 697. The Kier molecular flexibility index (Phi) is 8.25. The second kappa shape index (κ2) is 10.1. The van der Waals surface area contributed by atoms with Crippen LogP contribution < -0.4 is 20.7 Å². The van der Waals surface area contributed by atoms with Crippen molar-refractivity contribution in [3.05, 3.63) is 29.8 Å². The highest BCUT2D eigenvalue weighted by Crippen LogP contribution is 2.13. The standard InChI is InChI=1S/C18H25N3O6/c1-12(22)26-14-7-5-6-13(10-14)16(24)20-9-8-19-15(23)11-21-17(25)27-18(2,3)4/h5-7,10H,8-9,11H2,1-4H3,(H,19,23)(H,20,24)(H,21,25). The van der Waals surface area contributed by atoms with Gasteiger partial charge in [-0.25, -0.2) is 4.79 Å². The van der Waals surface area contributed by atoms with Crippen LogP contribution in [0.4, 0.5) is 4.79 Å². The van der Waals surface area contributed by atoms with Crippen LogP contribution in [0.2, 0.25) is 0 Å². The maximum absolute atomic E-state index is 12.0. The Balaban J connectivity index is 2.29. The Morgan fingerprint density at radius 1 is 1.00 bits per heavy atom. The molecule has 27 heavy (non-hydrogen) atoms. The van der Waals surface area contributed by atoms with Crippen molar-refractivity contribution in [1.82, 2.24) is 16.0 Å². The molecule has 1 rings (SSSR count). The molecule has 9 nitrogen and oxygen atoms in total. The van der Waals surface area contributed by atoms with E-state index in [2.05, 4.69) is 16.0 Å². The minimum absolute atomic E-state index is 0.185. The predicted molar refractivity (Wildman–Crippen MR) is 97.3 cm³/mol. The number of carbonyl (C=O) groups is 4. The number of hydrogen-bond acceptors (Lipinski definition) is 6. The van der Waals surface area contributed by atoms with Gasteiger partial charge >= 0.3 is 12.1 Å². The number of esters is 1. The molecule has 0 saturated carbocycles. The lowest BCUT2D eigenvalue weighted by Crippen LogP contribution is -2.42. The van der Waals surface area contributed by atoms with E-state index in [9.17, 15) is 19.2 Å². The van der Waals surface area contributed by atoms with Crippen molar-refractivity contribution in [2.75, 3.05) is 19.6 Å². The number of hydrogen-bond donors (Lipinski definition) is 3. The van der Waals surface area contributed by atoms with E-state index in [4.69, 9.17) is 9.47 Å². The van der Waals surface area contributed by atoms with E-state index in [0.29, 0.717) is 5.56 Å². The lowest BCUT2D eigenvalue weighted by atomic mass is 10.2. The van der Waals surface area contributed by atoms with Crippen LogP contribution in [0.15, 0.2) is 24.3 Å². The zero-order chi connectivity index (χ0) is 20.4. The van der Waals surface area contributed by atoms with Gasteiger partial charge < -0.3 is 25.4 Å². The zero-order valence-corrected chi connectivity index (χ0v) is 15.9. The molecule has 0 fully saturated rings. The molecule has 0 aliphatic rings. The molecule has 9 heteroatoms. The van der Waals surface area contributed by atoms with Crippen molar-refractivity contribution in [3.63, 3.8) is 0 Å². The topological polar surface area (TPSA) is 123 Å². The van der Waals surface area contributed by atoms with Gasteiger partial charge in [0.15, 0.2) is 0 Å². The normalized spacial score (nSPS) is 10.5. The Morgan fingerprint density at radius 2 is 1.67 bits per heavy atom. The summed E-state index contributed by atoms with van der Waals surface area (Å²) in [6.45, 7) is 6.57. The van der Waals surface area contributed by atoms with Crippen molar-refractivity contribution < 1.29 is 28.7 Å². The third-order valence-electron chi connectivity index (χ3n) is 2.88. The van der Waals surface area contributed by atoms with Crippen molar-refractivity contribution in [1.29, 1.82) is 0 Å². The molecule has 0 aliphatic carbocycles. The Hall–Kier alpha value is -3.10. The first-order chi connectivity index (χ1) is 12.6. The van der Waals surface area contributed by atoms with Crippen molar-refractivity contribution in [2.24, 2.45) is 0 Å². The minimum Gasteiger partial charge on any atom is -0.444 e. The number of benzene rings is 1. The first-order valence-electron chi connectivity index (χ1n) is 8.37. The molecular formula is C18H25N3O6. The fourth-order valence-corrected chi connectivity index (χ4v) is 1.88. The van der Waals surface area contributed by atoms with Crippen LogP contribution in [0, 0.1) is 0 Å². The molecule has 1 aromatic rings. The van der Waals surface area contributed by atoms with Crippen LogP contribution in [0.5, 0.6) is 5.75 Å². The lowest BCUT2D eigenvalue weighted by molar-refractivity contribution is -0.131. The maximum Gasteiger partial charge on any atom is 0.408 e. The average Bonchev–Trinajstić information content (AvgIpc) is 2.55. The fourth-order valence-electron chi connectivity index (χ4n) is 1.88. The van der Waals surface area contributed by atoms with Gasteiger partial charge in [0.1, 0.15) is 11.4 Å². The number of carbonyl (C=O) groups excluding carboxylic acids is 4. The second-order valence-electron chi connectivity index (χ2n) is 6.58. The molecule has 0 aromatic heterocycles. The number of rotatable bonds is 7. The molecule has 0 atom stereocenters. The largest absolute Gasteiger partial charge is 0.444 e. The molecule has 148 valence electrons. The van der Waals surface area contributed by atoms with Crippen LogP contribution in [-0.4, -0.2) is 49.1 Å². The smallest absolute Gasteiger partial charge is 0.408 e.